The predicted octanol–water partition coefficient (Wildman–Crippen LogP) is 3.93. The number of aryl methyl sites for hydroxylation is 1. The van der Waals surface area contributed by atoms with Crippen molar-refractivity contribution >= 4 is 25.4 Å². The summed E-state index contributed by atoms with van der Waals surface area (Å²) in [5.74, 6) is 1.57. The average Bonchev–Trinajstić information content (AvgIpc) is 3.14. The molecule has 2 aliphatic carbocycles. The molecule has 7 nitrogen and oxygen atoms in total. The summed E-state index contributed by atoms with van der Waals surface area (Å²) < 4.78 is 5.98. The molecule has 0 amide bonds. The second-order valence-corrected chi connectivity index (χ2v) is 10.6. The van der Waals surface area contributed by atoms with E-state index in [0.717, 1.165) is 68.8 Å². The molecule has 0 aliphatic heterocycles. The first kappa shape index (κ1) is 21.1. The van der Waals surface area contributed by atoms with Crippen molar-refractivity contribution in [2.45, 2.75) is 75.6 Å². The zero-order chi connectivity index (χ0) is 19.3. The van der Waals surface area contributed by atoms with Crippen molar-refractivity contribution in [3.05, 3.63) is 18.0 Å². The first-order valence-electron chi connectivity index (χ1n) is 9.91. The Bertz CT molecular complexity index is 658. The number of nitrogens with two attached hydrogens (primary N) is 1. The van der Waals surface area contributed by atoms with Crippen molar-refractivity contribution in [1.82, 2.24) is 9.97 Å². The number of hydrogen-bond donors (Lipinski definition) is 3. The van der Waals surface area contributed by atoms with Gasteiger partial charge < -0.3 is 14.3 Å². The van der Waals surface area contributed by atoms with Crippen molar-refractivity contribution in [2.75, 3.05) is 17.7 Å². The quantitative estimate of drug-likeness (QED) is 0.437. The summed E-state index contributed by atoms with van der Waals surface area (Å²) in [6, 6.07) is 2.21. The van der Waals surface area contributed by atoms with E-state index in [1.54, 1.807) is 6.20 Å². The number of nitrogens with one attached hydrogen (secondary N) is 1. The Labute approximate surface area is 166 Å². The summed E-state index contributed by atoms with van der Waals surface area (Å²) in [6.07, 6.45) is 10.6. The molecule has 9 heteroatoms. The highest BCUT2D eigenvalue weighted by Crippen LogP contribution is 2.55. The highest BCUT2D eigenvalue weighted by molar-refractivity contribution is 7.97. The van der Waals surface area contributed by atoms with Gasteiger partial charge >= 0.3 is 0 Å². The van der Waals surface area contributed by atoms with Gasteiger partial charge in [0.25, 0.3) is 0 Å². The van der Waals surface area contributed by atoms with Gasteiger partial charge in [0.15, 0.2) is 0 Å². The molecule has 4 N–H and O–H groups in total. The van der Waals surface area contributed by atoms with Crippen LogP contribution in [0, 0.1) is 5.16 Å². The maximum Gasteiger partial charge on any atom is 0.225 e. The van der Waals surface area contributed by atoms with Crippen molar-refractivity contribution in [3.8, 4) is 0 Å². The summed E-state index contributed by atoms with van der Waals surface area (Å²) in [6.45, 7) is 0. The molecule has 0 radical (unpaired) electrons. The van der Waals surface area contributed by atoms with Crippen LogP contribution in [0.1, 0.15) is 57.1 Å². The standard InChI is InChI=1S/C18H32N5O2PS/c1-23(18-21-11-9-14(22-18)10-12-27-20)15-7-8-16(13-15)25-26(19,24)17-5-3-2-4-6-17/h9,11,15-17H,2-8,10,12-13,20H2,1H3,(H2,19,24)/t15-,16-,26?/m1/s1. The molecule has 0 bridgehead atoms. The summed E-state index contributed by atoms with van der Waals surface area (Å²) in [5, 5.41) is 13.9. The number of nitrogens with zero attached hydrogens (tertiary/aromatic N) is 3. The van der Waals surface area contributed by atoms with Gasteiger partial charge in [-0.05, 0) is 38.2 Å². The van der Waals surface area contributed by atoms with Crippen LogP contribution in [0.15, 0.2) is 12.3 Å². The summed E-state index contributed by atoms with van der Waals surface area (Å²) in [4.78, 5) is 21.9. The second kappa shape index (κ2) is 9.70. The van der Waals surface area contributed by atoms with Crippen molar-refractivity contribution < 1.29 is 9.42 Å². The molecular formula is C18H32N5O2PS. The molecule has 152 valence electrons. The van der Waals surface area contributed by atoms with Crippen LogP contribution in [0.4, 0.5) is 5.95 Å². The molecule has 0 saturated heterocycles. The maximum absolute atomic E-state index is 10.7. The topological polar surface area (TPSA) is 108 Å². The number of aromatic nitrogens is 2. The first-order chi connectivity index (χ1) is 13.0. The van der Waals surface area contributed by atoms with Gasteiger partial charge in [-0.3, -0.25) is 10.3 Å². The van der Waals surface area contributed by atoms with E-state index in [9.17, 15) is 4.89 Å². The third-order valence-electron chi connectivity index (χ3n) is 5.78. The van der Waals surface area contributed by atoms with E-state index in [2.05, 4.69) is 14.9 Å². The monoisotopic (exact) mass is 413 g/mol. The SMILES string of the molecule is CN(c1nccc(CCSN)n1)[C@@H]1CC[C@@H](OP(=N)(O)C2CCCCC2)C1. The summed E-state index contributed by atoms with van der Waals surface area (Å²) in [7, 11) is -1.01. The van der Waals surface area contributed by atoms with E-state index in [1.165, 1.54) is 18.4 Å². The van der Waals surface area contributed by atoms with E-state index in [0.29, 0.717) is 0 Å². The zero-order valence-corrected chi connectivity index (χ0v) is 17.8. The van der Waals surface area contributed by atoms with Crippen LogP contribution in [0.3, 0.4) is 0 Å². The van der Waals surface area contributed by atoms with Crippen LogP contribution in [-0.4, -0.2) is 45.5 Å². The molecule has 1 aromatic rings. The molecule has 2 saturated carbocycles. The molecule has 1 aromatic heterocycles. The molecule has 0 spiro atoms. The fraction of sp³-hybridized carbons (Fsp3) is 0.778. The Hall–Kier alpha value is -0.660. The van der Waals surface area contributed by atoms with Crippen LogP contribution >= 0.6 is 19.5 Å². The lowest BCUT2D eigenvalue weighted by Gasteiger charge is -2.31. The normalized spacial score (nSPS) is 26.0. The van der Waals surface area contributed by atoms with Crippen LogP contribution in [0.2, 0.25) is 0 Å². The van der Waals surface area contributed by atoms with Gasteiger partial charge in [0.1, 0.15) is 0 Å². The molecule has 3 atom stereocenters. The molecule has 3 rings (SSSR count). The number of anilines is 1. The summed E-state index contributed by atoms with van der Waals surface area (Å²) >= 11 is 1.32. The Morgan fingerprint density at radius 2 is 2.11 bits per heavy atom. The van der Waals surface area contributed by atoms with Gasteiger partial charge in [-0.2, -0.15) is 0 Å². The van der Waals surface area contributed by atoms with Crippen LogP contribution in [0.5, 0.6) is 0 Å². The Morgan fingerprint density at radius 3 is 2.85 bits per heavy atom. The van der Waals surface area contributed by atoms with Gasteiger partial charge in [0, 0.05) is 42.8 Å². The minimum absolute atomic E-state index is 0.0352. The molecular weight excluding hydrogens is 381 g/mol. The Balaban J connectivity index is 1.56. The lowest BCUT2D eigenvalue weighted by atomic mass is 10.0. The van der Waals surface area contributed by atoms with Crippen molar-refractivity contribution in [1.29, 1.82) is 5.16 Å². The third kappa shape index (κ3) is 5.67. The number of rotatable bonds is 8. The summed E-state index contributed by atoms with van der Waals surface area (Å²) in [5.41, 5.74) is 1.04. The Morgan fingerprint density at radius 1 is 1.33 bits per heavy atom. The van der Waals surface area contributed by atoms with Gasteiger partial charge in [-0.15, -0.1) is 0 Å². The van der Waals surface area contributed by atoms with E-state index in [-0.39, 0.29) is 17.8 Å². The number of hydrogen-bond acceptors (Lipinski definition) is 7. The highest BCUT2D eigenvalue weighted by atomic mass is 32.2. The van der Waals surface area contributed by atoms with Crippen LogP contribution in [-0.2, 0) is 10.9 Å². The van der Waals surface area contributed by atoms with E-state index >= 15 is 0 Å². The van der Waals surface area contributed by atoms with Gasteiger partial charge in [0.05, 0.1) is 6.10 Å². The fourth-order valence-electron chi connectivity index (χ4n) is 4.13. The molecule has 1 heterocycles. The highest BCUT2D eigenvalue weighted by Gasteiger charge is 2.36. The van der Waals surface area contributed by atoms with Gasteiger partial charge in [0.2, 0.25) is 13.5 Å². The second-order valence-electron chi connectivity index (χ2n) is 7.69. The third-order valence-corrected chi connectivity index (χ3v) is 8.34. The van der Waals surface area contributed by atoms with E-state index in [4.69, 9.17) is 14.8 Å². The first-order valence-corrected chi connectivity index (χ1v) is 12.7. The smallest absolute Gasteiger partial charge is 0.225 e. The van der Waals surface area contributed by atoms with Crippen LogP contribution < -0.4 is 10.0 Å². The predicted molar refractivity (Wildman–Crippen MR) is 112 cm³/mol. The fourth-order valence-corrected chi connectivity index (χ4v) is 6.34. The van der Waals surface area contributed by atoms with E-state index < -0.39 is 7.51 Å². The molecule has 2 aliphatic rings. The minimum atomic E-state index is -3.03. The Kier molecular flexibility index (Phi) is 7.57. The minimum Gasteiger partial charge on any atom is -0.341 e. The molecule has 0 aromatic carbocycles. The lowest BCUT2D eigenvalue weighted by Crippen LogP contribution is -2.31. The van der Waals surface area contributed by atoms with Crippen molar-refractivity contribution in [2.24, 2.45) is 5.14 Å². The average molecular weight is 414 g/mol. The van der Waals surface area contributed by atoms with Gasteiger partial charge in [-0.1, -0.05) is 31.2 Å². The molecule has 27 heavy (non-hydrogen) atoms. The zero-order valence-electron chi connectivity index (χ0n) is 16.1. The molecule has 2 fully saturated rings. The lowest BCUT2D eigenvalue weighted by molar-refractivity contribution is 0.191. The largest absolute Gasteiger partial charge is 0.341 e. The maximum atomic E-state index is 10.7. The van der Waals surface area contributed by atoms with Crippen LogP contribution in [0.25, 0.3) is 0 Å². The van der Waals surface area contributed by atoms with Gasteiger partial charge in [-0.25, -0.2) is 9.97 Å². The molecule has 1 unspecified atom stereocenters. The van der Waals surface area contributed by atoms with E-state index in [1.807, 2.05) is 13.1 Å². The van der Waals surface area contributed by atoms with Crippen molar-refractivity contribution in [3.63, 3.8) is 0 Å².